The minimum Gasteiger partial charge on any atom is -0.384 e. The van der Waals surface area contributed by atoms with Crippen LogP contribution in [0.2, 0.25) is 0 Å². The highest BCUT2D eigenvalue weighted by Gasteiger charge is 2.14. The number of nitrogens with zero attached hydrogens (tertiary/aromatic N) is 1. The van der Waals surface area contributed by atoms with Crippen LogP contribution in [-0.4, -0.2) is 32.2 Å². The van der Waals surface area contributed by atoms with Gasteiger partial charge in [0.2, 0.25) is 0 Å². The van der Waals surface area contributed by atoms with Gasteiger partial charge in [-0.2, -0.15) is 0 Å². The molecule has 2 rings (SSSR count). The molecule has 0 fully saturated rings. The molecule has 16 heavy (non-hydrogen) atoms. The van der Waals surface area contributed by atoms with Crippen LogP contribution in [0.25, 0.3) is 0 Å². The lowest BCUT2D eigenvalue weighted by Gasteiger charge is -2.18. The first-order valence-electron chi connectivity index (χ1n) is 4.89. The molecule has 1 heterocycles. The number of benzene rings is 1. The van der Waals surface area contributed by atoms with Gasteiger partial charge in [0, 0.05) is 23.8 Å². The SMILES string of the molecule is C=O.CN(CO)c1cc2c(cc1Br)CCN2. The van der Waals surface area contributed by atoms with Gasteiger partial charge in [0.05, 0.1) is 5.69 Å². The zero-order valence-electron chi connectivity index (χ0n) is 9.16. The summed E-state index contributed by atoms with van der Waals surface area (Å²) in [5, 5.41) is 12.4. The van der Waals surface area contributed by atoms with E-state index in [0.717, 1.165) is 23.1 Å². The molecule has 0 radical (unpaired) electrons. The summed E-state index contributed by atoms with van der Waals surface area (Å²) in [5.74, 6) is 0. The van der Waals surface area contributed by atoms with E-state index in [0.29, 0.717) is 0 Å². The maximum absolute atomic E-state index is 9.05. The standard InChI is InChI=1S/C10H13BrN2O.CH2O/c1-13(6-14)10-5-9-7(2-3-12-9)4-8(10)11;1-2/h4-5,12,14H,2-3,6H2,1H3;1H2. The minimum atomic E-state index is 0.0252. The van der Waals surface area contributed by atoms with E-state index in [9.17, 15) is 0 Å². The summed E-state index contributed by atoms with van der Waals surface area (Å²) in [4.78, 5) is 9.80. The number of carbonyl (C=O) groups excluding carboxylic acids is 1. The largest absolute Gasteiger partial charge is 0.384 e. The van der Waals surface area contributed by atoms with Gasteiger partial charge in [0.1, 0.15) is 13.5 Å². The van der Waals surface area contributed by atoms with Crippen LogP contribution in [0.4, 0.5) is 11.4 Å². The Hall–Kier alpha value is -1.07. The van der Waals surface area contributed by atoms with Crippen molar-refractivity contribution in [1.29, 1.82) is 0 Å². The number of halogens is 1. The van der Waals surface area contributed by atoms with Crippen molar-refractivity contribution >= 4 is 34.1 Å². The van der Waals surface area contributed by atoms with Crippen LogP contribution in [0.5, 0.6) is 0 Å². The first kappa shape index (κ1) is 13.0. The summed E-state index contributed by atoms with van der Waals surface area (Å²) in [5.41, 5.74) is 3.54. The van der Waals surface area contributed by atoms with E-state index in [1.165, 1.54) is 11.3 Å². The number of rotatable bonds is 2. The van der Waals surface area contributed by atoms with Gasteiger partial charge in [-0.15, -0.1) is 0 Å². The summed E-state index contributed by atoms with van der Waals surface area (Å²) in [6.45, 7) is 3.03. The van der Waals surface area contributed by atoms with Crippen LogP contribution in [0.15, 0.2) is 16.6 Å². The first-order valence-corrected chi connectivity index (χ1v) is 5.69. The van der Waals surface area contributed by atoms with Crippen LogP contribution in [0.1, 0.15) is 5.56 Å². The summed E-state index contributed by atoms with van der Waals surface area (Å²) in [6.07, 6.45) is 1.08. The summed E-state index contributed by atoms with van der Waals surface area (Å²) in [6, 6.07) is 4.19. The molecule has 0 aliphatic carbocycles. The lowest BCUT2D eigenvalue weighted by Crippen LogP contribution is -2.18. The van der Waals surface area contributed by atoms with E-state index in [4.69, 9.17) is 9.90 Å². The molecule has 0 saturated carbocycles. The second-order valence-electron chi connectivity index (χ2n) is 3.48. The molecular weight excluding hydrogens is 272 g/mol. The number of fused-ring (bicyclic) bond motifs is 1. The fourth-order valence-electron chi connectivity index (χ4n) is 1.67. The molecule has 1 aliphatic rings. The molecule has 2 N–H and O–H groups in total. The maximum Gasteiger partial charge on any atom is 0.115 e. The van der Waals surface area contributed by atoms with Crippen molar-refractivity contribution in [3.05, 3.63) is 22.2 Å². The average molecular weight is 287 g/mol. The predicted molar refractivity (Wildman–Crippen MR) is 68.9 cm³/mol. The van der Waals surface area contributed by atoms with Gasteiger partial charge in [-0.3, -0.25) is 0 Å². The Labute approximate surface area is 103 Å². The van der Waals surface area contributed by atoms with Gasteiger partial charge in [-0.05, 0) is 40.0 Å². The normalized spacial score (nSPS) is 12.2. The Morgan fingerprint density at radius 1 is 1.56 bits per heavy atom. The molecule has 1 aromatic carbocycles. The molecule has 88 valence electrons. The zero-order chi connectivity index (χ0) is 12.1. The zero-order valence-corrected chi connectivity index (χ0v) is 10.7. The average Bonchev–Trinajstić information content (AvgIpc) is 2.76. The second kappa shape index (κ2) is 5.86. The van der Waals surface area contributed by atoms with Crippen molar-refractivity contribution in [2.24, 2.45) is 0 Å². The van der Waals surface area contributed by atoms with Gasteiger partial charge in [0.25, 0.3) is 0 Å². The molecule has 0 bridgehead atoms. The van der Waals surface area contributed by atoms with Crippen molar-refractivity contribution in [3.8, 4) is 0 Å². The molecule has 0 unspecified atom stereocenters. The number of anilines is 2. The smallest absolute Gasteiger partial charge is 0.115 e. The summed E-state index contributed by atoms with van der Waals surface area (Å²) < 4.78 is 1.04. The Morgan fingerprint density at radius 3 is 2.88 bits per heavy atom. The van der Waals surface area contributed by atoms with Crippen LogP contribution in [0.3, 0.4) is 0 Å². The number of carbonyl (C=O) groups is 1. The Kier molecular flexibility index (Phi) is 4.76. The Bertz CT molecular complexity index is 371. The van der Waals surface area contributed by atoms with Gasteiger partial charge in [-0.1, -0.05) is 0 Å². The fraction of sp³-hybridized carbons (Fsp3) is 0.364. The van der Waals surface area contributed by atoms with Crippen molar-refractivity contribution in [2.75, 3.05) is 30.5 Å². The molecule has 1 aromatic rings. The molecule has 1 aliphatic heterocycles. The molecule has 4 nitrogen and oxygen atoms in total. The Morgan fingerprint density at radius 2 is 2.25 bits per heavy atom. The molecule has 0 aromatic heterocycles. The molecule has 0 spiro atoms. The molecule has 0 amide bonds. The number of aliphatic hydroxyl groups excluding tert-OH is 1. The van der Waals surface area contributed by atoms with Gasteiger partial charge >= 0.3 is 0 Å². The second-order valence-corrected chi connectivity index (χ2v) is 4.33. The molecule has 0 saturated heterocycles. The number of hydrogen-bond donors (Lipinski definition) is 2. The van der Waals surface area contributed by atoms with Crippen molar-refractivity contribution < 1.29 is 9.90 Å². The summed E-state index contributed by atoms with van der Waals surface area (Å²) in [7, 11) is 1.86. The number of nitrogens with one attached hydrogen (secondary N) is 1. The van der Waals surface area contributed by atoms with E-state index < -0.39 is 0 Å². The van der Waals surface area contributed by atoms with Crippen LogP contribution >= 0.6 is 15.9 Å². The van der Waals surface area contributed by atoms with E-state index in [1.54, 1.807) is 4.90 Å². The quantitative estimate of drug-likeness (QED) is 0.812. The molecule has 5 heteroatoms. The summed E-state index contributed by atoms with van der Waals surface area (Å²) >= 11 is 3.51. The fourth-order valence-corrected chi connectivity index (χ4v) is 2.37. The number of aliphatic hydroxyl groups is 1. The Balaban J connectivity index is 0.000000606. The lowest BCUT2D eigenvalue weighted by atomic mass is 10.1. The van der Waals surface area contributed by atoms with Gasteiger partial charge in [0.15, 0.2) is 0 Å². The van der Waals surface area contributed by atoms with Crippen LogP contribution in [0, 0.1) is 0 Å². The first-order chi connectivity index (χ1) is 7.72. The highest BCUT2D eigenvalue weighted by atomic mass is 79.9. The topological polar surface area (TPSA) is 52.6 Å². The van der Waals surface area contributed by atoms with Crippen molar-refractivity contribution in [2.45, 2.75) is 6.42 Å². The molecular formula is C11H15BrN2O2. The minimum absolute atomic E-state index is 0.0252. The third-order valence-electron chi connectivity index (χ3n) is 2.51. The van der Waals surface area contributed by atoms with Crippen LogP contribution in [-0.2, 0) is 11.2 Å². The maximum atomic E-state index is 9.05. The van der Waals surface area contributed by atoms with Crippen molar-refractivity contribution in [1.82, 2.24) is 0 Å². The van der Waals surface area contributed by atoms with Gasteiger partial charge < -0.3 is 20.1 Å². The predicted octanol–water partition coefficient (Wildman–Crippen LogP) is 1.62. The van der Waals surface area contributed by atoms with Crippen molar-refractivity contribution in [3.63, 3.8) is 0 Å². The lowest BCUT2D eigenvalue weighted by molar-refractivity contribution is -0.0979. The van der Waals surface area contributed by atoms with E-state index >= 15 is 0 Å². The van der Waals surface area contributed by atoms with E-state index in [1.807, 2.05) is 13.8 Å². The monoisotopic (exact) mass is 286 g/mol. The third kappa shape index (κ3) is 2.54. The highest BCUT2D eigenvalue weighted by Crippen LogP contribution is 2.34. The third-order valence-corrected chi connectivity index (χ3v) is 3.14. The van der Waals surface area contributed by atoms with Gasteiger partial charge in [-0.25, -0.2) is 0 Å². The van der Waals surface area contributed by atoms with E-state index in [-0.39, 0.29) is 6.73 Å². The number of hydrogen-bond acceptors (Lipinski definition) is 4. The molecule has 0 atom stereocenters. The highest BCUT2D eigenvalue weighted by molar-refractivity contribution is 9.10. The van der Waals surface area contributed by atoms with E-state index in [2.05, 4.69) is 33.4 Å². The van der Waals surface area contributed by atoms with Crippen LogP contribution < -0.4 is 10.2 Å².